The molecule has 0 radical (unpaired) electrons. The van der Waals surface area contributed by atoms with Crippen LogP contribution in [0.4, 0.5) is 0 Å². The molecule has 0 bridgehead atoms. The molecule has 4 aromatic heterocycles. The molecule has 0 saturated carbocycles. The highest BCUT2D eigenvalue weighted by molar-refractivity contribution is 6.32. The van der Waals surface area contributed by atoms with Gasteiger partial charge in [-0.3, -0.25) is 0 Å². The van der Waals surface area contributed by atoms with E-state index in [9.17, 15) is 15.0 Å². The average molecular weight is 860 g/mol. The van der Waals surface area contributed by atoms with Crippen molar-refractivity contribution in [1.29, 1.82) is 0 Å². The van der Waals surface area contributed by atoms with E-state index >= 15 is 0 Å². The fourth-order valence-corrected chi connectivity index (χ4v) is 7.65. The van der Waals surface area contributed by atoms with Crippen LogP contribution in [-0.2, 0) is 32.5 Å². The third kappa shape index (κ3) is 9.92. The highest BCUT2D eigenvalue weighted by Crippen LogP contribution is 2.32. The lowest BCUT2D eigenvalue weighted by atomic mass is 9.98. The quantitative estimate of drug-likeness (QED) is 0.0724. The Hall–Kier alpha value is -6.55. The molecule has 61 heavy (non-hydrogen) atoms. The minimum atomic E-state index is -1.08. The van der Waals surface area contributed by atoms with Crippen molar-refractivity contribution < 1.29 is 15.0 Å². The van der Waals surface area contributed by atoms with Crippen LogP contribution in [0.15, 0.2) is 97.1 Å². The molecular weight excluding hydrogens is 815 g/mol. The van der Waals surface area contributed by atoms with Gasteiger partial charge >= 0.3 is 5.97 Å². The molecular formula is C44H44Cl2N12O3. The number of carboxylic acids is 1. The highest BCUT2D eigenvalue weighted by atomic mass is 35.5. The number of benzene rings is 4. The van der Waals surface area contributed by atoms with Crippen molar-refractivity contribution in [2.24, 2.45) is 0 Å². The molecule has 4 N–H and O–H groups in total. The summed E-state index contributed by atoms with van der Waals surface area (Å²) >= 11 is 12.4. The maximum atomic E-state index is 11.7. The normalized spacial score (nSPS) is 11.1. The first-order valence-corrected chi connectivity index (χ1v) is 20.7. The Kier molecular flexibility index (Phi) is 14.1. The molecule has 0 fully saturated rings. The molecule has 312 valence electrons. The predicted octanol–water partition coefficient (Wildman–Crippen LogP) is 8.74. The van der Waals surface area contributed by atoms with Crippen molar-refractivity contribution in [3.63, 3.8) is 0 Å². The summed E-state index contributed by atoms with van der Waals surface area (Å²) in [5.41, 5.74) is 8.72. The van der Waals surface area contributed by atoms with Crippen LogP contribution in [0.5, 0.6) is 0 Å². The number of H-pyrrole nitrogens is 2. The number of hydrogen-bond donors (Lipinski definition) is 4. The number of aryl methyl sites for hydroxylation is 2. The number of halogens is 2. The van der Waals surface area contributed by atoms with Gasteiger partial charge in [0.05, 0.1) is 12.3 Å². The molecule has 0 unspecified atom stereocenters. The summed E-state index contributed by atoms with van der Waals surface area (Å²) in [5.74, 6) is 1.76. The van der Waals surface area contributed by atoms with Crippen LogP contribution < -0.4 is 0 Å². The summed E-state index contributed by atoms with van der Waals surface area (Å²) in [6.45, 7) is 5.09. The van der Waals surface area contributed by atoms with Crippen molar-refractivity contribution in [1.82, 2.24) is 60.4 Å². The Labute approximate surface area is 361 Å². The molecule has 0 spiro atoms. The Balaban J connectivity index is 0.000000184. The van der Waals surface area contributed by atoms with Crippen molar-refractivity contribution in [2.75, 3.05) is 0 Å². The first-order chi connectivity index (χ1) is 29.8. The average Bonchev–Trinajstić information content (AvgIpc) is 4.12. The van der Waals surface area contributed by atoms with Gasteiger partial charge in [0, 0.05) is 37.1 Å². The molecule has 8 rings (SSSR count). The number of nitrogens with zero attached hydrogens (tertiary/aromatic N) is 10. The predicted molar refractivity (Wildman–Crippen MR) is 233 cm³/mol. The second-order valence-corrected chi connectivity index (χ2v) is 15.0. The molecule has 0 atom stereocenters. The van der Waals surface area contributed by atoms with E-state index < -0.39 is 5.97 Å². The monoisotopic (exact) mass is 858 g/mol. The van der Waals surface area contributed by atoms with Crippen molar-refractivity contribution >= 4 is 29.2 Å². The Morgan fingerprint density at radius 1 is 0.623 bits per heavy atom. The number of carboxylic acid groups (broad SMARTS) is 1. The van der Waals surface area contributed by atoms with E-state index in [-0.39, 0.29) is 17.5 Å². The van der Waals surface area contributed by atoms with E-state index in [4.69, 9.17) is 23.2 Å². The van der Waals surface area contributed by atoms with E-state index in [1.807, 2.05) is 71.3 Å². The van der Waals surface area contributed by atoms with E-state index in [0.29, 0.717) is 47.8 Å². The number of aromatic carboxylic acids is 1. The first kappa shape index (κ1) is 42.6. The smallest absolute Gasteiger partial charge is 0.355 e. The maximum Gasteiger partial charge on any atom is 0.355 e. The number of hydrogen-bond acceptors (Lipinski definition) is 10. The summed E-state index contributed by atoms with van der Waals surface area (Å²) in [6, 6.07) is 32.2. The van der Waals surface area contributed by atoms with Gasteiger partial charge in [-0.1, -0.05) is 147 Å². The third-order valence-electron chi connectivity index (χ3n) is 10.2. The minimum Gasteiger partial charge on any atom is -0.476 e. The van der Waals surface area contributed by atoms with Gasteiger partial charge in [0.15, 0.2) is 27.6 Å². The topological polar surface area (TPSA) is 202 Å². The largest absolute Gasteiger partial charge is 0.476 e. The second kappa shape index (κ2) is 20.1. The zero-order valence-electron chi connectivity index (χ0n) is 33.6. The molecule has 0 saturated heterocycles. The SMILES string of the molecule is CCCCc1nc(Cl)c(C(=O)O)n1Cc1ccc(-c2ccccc2-c2nnn[nH]2)cc1.CCCCc1nc(Cl)c(CO)n1Cc1ccc(-c2ccccc2-c2nnn[nH]2)cc1. The van der Waals surface area contributed by atoms with Crippen LogP contribution >= 0.6 is 23.2 Å². The number of rotatable bonds is 16. The molecule has 15 nitrogen and oxygen atoms in total. The van der Waals surface area contributed by atoms with E-state index in [0.717, 1.165) is 82.4 Å². The van der Waals surface area contributed by atoms with E-state index in [2.05, 4.69) is 95.4 Å². The lowest BCUT2D eigenvalue weighted by Crippen LogP contribution is -2.13. The van der Waals surface area contributed by atoms with Gasteiger partial charge in [0.25, 0.3) is 0 Å². The molecule has 17 heteroatoms. The lowest BCUT2D eigenvalue weighted by molar-refractivity contribution is 0.0685. The van der Waals surface area contributed by atoms with Gasteiger partial charge < -0.3 is 19.3 Å². The summed E-state index contributed by atoms with van der Waals surface area (Å²) in [6.07, 6.45) is 5.53. The molecule has 4 heterocycles. The molecule has 0 aliphatic carbocycles. The van der Waals surface area contributed by atoms with Gasteiger partial charge in [-0.2, -0.15) is 0 Å². The van der Waals surface area contributed by atoms with Crippen molar-refractivity contribution in [3.05, 3.63) is 142 Å². The van der Waals surface area contributed by atoms with Crippen molar-refractivity contribution in [3.8, 4) is 45.0 Å². The van der Waals surface area contributed by atoms with Gasteiger partial charge in [-0.25, -0.2) is 25.0 Å². The van der Waals surface area contributed by atoms with Crippen LogP contribution in [-0.4, -0.2) is 76.5 Å². The van der Waals surface area contributed by atoms with E-state index in [1.165, 1.54) is 0 Å². The van der Waals surface area contributed by atoms with Crippen molar-refractivity contribution in [2.45, 2.75) is 72.1 Å². The van der Waals surface area contributed by atoms with Gasteiger partial charge in [0.1, 0.15) is 11.6 Å². The number of imidazole rings is 2. The first-order valence-electron chi connectivity index (χ1n) is 20.0. The highest BCUT2D eigenvalue weighted by Gasteiger charge is 2.22. The number of aromatic amines is 2. The number of nitrogens with one attached hydrogen (secondary N) is 2. The van der Waals surface area contributed by atoms with Crippen LogP contribution in [0.2, 0.25) is 10.3 Å². The summed E-state index contributed by atoms with van der Waals surface area (Å²) < 4.78 is 3.73. The maximum absolute atomic E-state index is 11.7. The number of carbonyl (C=O) groups is 1. The van der Waals surface area contributed by atoms with E-state index in [1.54, 1.807) is 4.57 Å². The Morgan fingerprint density at radius 3 is 1.49 bits per heavy atom. The lowest BCUT2D eigenvalue weighted by Gasteiger charge is -2.12. The number of tetrazole rings is 2. The van der Waals surface area contributed by atoms with Gasteiger partial charge in [0.2, 0.25) is 0 Å². The molecule has 4 aromatic carbocycles. The number of unbranched alkanes of at least 4 members (excludes halogenated alkanes) is 2. The fourth-order valence-electron chi connectivity index (χ4n) is 7.11. The van der Waals surface area contributed by atoms with Crippen LogP contribution in [0.3, 0.4) is 0 Å². The minimum absolute atomic E-state index is 0.0278. The summed E-state index contributed by atoms with van der Waals surface area (Å²) in [5, 5.41) is 48.2. The zero-order chi connectivity index (χ0) is 42.7. The Morgan fingerprint density at radius 2 is 1.07 bits per heavy atom. The van der Waals surface area contributed by atoms with Crippen LogP contribution in [0.25, 0.3) is 45.0 Å². The molecule has 8 aromatic rings. The van der Waals surface area contributed by atoms with Crippen LogP contribution in [0, 0.1) is 0 Å². The standard InChI is InChI=1S/C22H21ClN6O2.C22H23ClN6O/c1-2-3-8-18-24-20(23)19(22(30)31)29(18)13-14-9-11-15(12-10-14)16-6-4-5-7-17(16)21-25-27-28-26-21;1-2-3-8-20-24-21(23)19(14-30)29(20)13-15-9-11-16(12-10-15)17-6-4-5-7-18(17)22-25-27-28-26-22/h4-7,9-12H,2-3,8,13H2,1H3,(H,30,31)(H,25,26,27,28);4-7,9-12,30H,2-3,8,13-14H2,1H3,(H,25,26,27,28). The molecule has 0 aliphatic heterocycles. The molecule has 0 amide bonds. The van der Waals surface area contributed by atoms with Crippen LogP contribution in [0.1, 0.15) is 78.5 Å². The number of aromatic nitrogens is 12. The summed E-state index contributed by atoms with van der Waals surface area (Å²) in [7, 11) is 0. The summed E-state index contributed by atoms with van der Waals surface area (Å²) in [4.78, 5) is 20.5. The number of aliphatic hydroxyl groups excluding tert-OH is 1. The second-order valence-electron chi connectivity index (χ2n) is 14.3. The fraction of sp³-hybridized carbons (Fsp3) is 0.250. The Bertz CT molecular complexity index is 2660. The number of aliphatic hydroxyl groups is 1. The third-order valence-corrected chi connectivity index (χ3v) is 10.8. The van der Waals surface area contributed by atoms with Gasteiger partial charge in [-0.05, 0) is 67.1 Å². The molecule has 0 aliphatic rings. The zero-order valence-corrected chi connectivity index (χ0v) is 35.1. The van der Waals surface area contributed by atoms with Gasteiger partial charge in [-0.15, -0.1) is 10.2 Å².